The van der Waals surface area contributed by atoms with E-state index >= 15 is 0 Å². The first-order valence-electron chi connectivity index (χ1n) is 3.27. The normalized spacial score (nSPS) is 12.1. The summed E-state index contributed by atoms with van der Waals surface area (Å²) in [6.45, 7) is 0. The third kappa shape index (κ3) is 5.67. The van der Waals surface area contributed by atoms with Gasteiger partial charge in [0.1, 0.15) is 17.6 Å². The van der Waals surface area contributed by atoms with Crippen molar-refractivity contribution in [2.75, 3.05) is 0 Å². The maximum absolute atomic E-state index is 9.92. The van der Waals surface area contributed by atoms with Crippen LogP contribution in [0.3, 0.4) is 0 Å². The van der Waals surface area contributed by atoms with Crippen molar-refractivity contribution in [2.45, 2.75) is 0 Å². The molecule has 0 amide bonds. The van der Waals surface area contributed by atoms with E-state index in [-0.39, 0.29) is 18.9 Å². The Kier molecular flexibility index (Phi) is 6.64. The molecule has 0 aliphatic heterocycles. The molecular weight excluding hydrogens is 183 g/mol. The smallest absolute Gasteiger partial charge is 0.740 e. The van der Waals surface area contributed by atoms with Gasteiger partial charge in [0, 0.05) is 0 Å². The van der Waals surface area contributed by atoms with Gasteiger partial charge in [-0.1, -0.05) is 30.3 Å². The molecule has 64 valence electrons. The second-order valence-corrected chi connectivity index (χ2v) is 2.61. The molecule has 13 heavy (non-hydrogen) atoms. The van der Waals surface area contributed by atoms with Gasteiger partial charge in [0.15, 0.2) is 0 Å². The van der Waals surface area contributed by atoms with Crippen molar-refractivity contribution in [2.24, 2.45) is 0 Å². The van der Waals surface area contributed by atoms with Crippen LogP contribution in [0.2, 0.25) is 0 Å². The van der Waals surface area contributed by atoms with Crippen LogP contribution in [0.1, 0.15) is 5.56 Å². The second-order valence-electron chi connectivity index (χ2n) is 2.01. The molecule has 0 N–H and O–H groups in total. The molecule has 0 aliphatic rings. The van der Waals surface area contributed by atoms with Gasteiger partial charge < -0.3 is 8.74 Å². The van der Waals surface area contributed by atoms with Crippen molar-refractivity contribution in [1.29, 1.82) is 0 Å². The van der Waals surface area contributed by atoms with Crippen molar-refractivity contribution < 1.29 is 31.8 Å². The van der Waals surface area contributed by atoms with Gasteiger partial charge >= 0.3 is 18.9 Å². The number of hydrogen-bond donors (Lipinski definition) is 0. The van der Waals surface area contributed by atoms with Crippen LogP contribution in [0.4, 0.5) is 0 Å². The number of rotatable bonds is 3. The third-order valence-corrected chi connectivity index (χ3v) is 1.46. The standard InChI is InChI=1S/C8H8O3S.Li/c9-12(10)11-7-6-8-4-2-1-3-5-8;/h1-7H,(H,9,10);/q;+1/p-1. The fraction of sp³-hybridized carbons (Fsp3) is 0. The summed E-state index contributed by atoms with van der Waals surface area (Å²) in [7, 11) is 0. The largest absolute Gasteiger partial charge is 1.00 e. The van der Waals surface area contributed by atoms with E-state index in [0.29, 0.717) is 0 Å². The molecule has 0 bridgehead atoms. The SMILES string of the molecule is O=S([O-])OC=Cc1ccccc1.[Li+]. The van der Waals surface area contributed by atoms with Crippen LogP contribution in [0.15, 0.2) is 36.6 Å². The van der Waals surface area contributed by atoms with Crippen molar-refractivity contribution >= 4 is 17.4 Å². The van der Waals surface area contributed by atoms with E-state index in [1.165, 1.54) is 0 Å². The molecular formula is C8H7LiO3S. The molecule has 0 saturated heterocycles. The Morgan fingerprint density at radius 1 is 1.31 bits per heavy atom. The van der Waals surface area contributed by atoms with Gasteiger partial charge in [-0.2, -0.15) is 0 Å². The monoisotopic (exact) mass is 190 g/mol. The molecule has 0 fully saturated rings. The number of hydrogen-bond acceptors (Lipinski definition) is 3. The quantitative estimate of drug-likeness (QED) is 0.330. The Morgan fingerprint density at radius 3 is 2.46 bits per heavy atom. The summed E-state index contributed by atoms with van der Waals surface area (Å²) in [6.07, 6.45) is 2.69. The zero-order valence-corrected chi connectivity index (χ0v) is 7.99. The molecule has 0 radical (unpaired) electrons. The minimum absolute atomic E-state index is 0. The van der Waals surface area contributed by atoms with E-state index < -0.39 is 11.4 Å². The van der Waals surface area contributed by atoms with Crippen LogP contribution in [0.25, 0.3) is 6.08 Å². The maximum Gasteiger partial charge on any atom is 1.00 e. The number of benzene rings is 1. The summed E-state index contributed by atoms with van der Waals surface area (Å²) in [6, 6.07) is 9.27. The van der Waals surface area contributed by atoms with Crippen molar-refractivity contribution in [3.8, 4) is 0 Å². The summed E-state index contributed by atoms with van der Waals surface area (Å²) in [5.74, 6) is 0. The molecule has 1 aromatic rings. The van der Waals surface area contributed by atoms with E-state index in [1.807, 2.05) is 30.3 Å². The molecule has 1 atom stereocenters. The van der Waals surface area contributed by atoms with Crippen LogP contribution < -0.4 is 18.9 Å². The van der Waals surface area contributed by atoms with E-state index in [1.54, 1.807) is 6.08 Å². The van der Waals surface area contributed by atoms with E-state index in [0.717, 1.165) is 11.8 Å². The zero-order chi connectivity index (χ0) is 8.81. The first-order chi connectivity index (χ1) is 5.79. The first-order valence-corrected chi connectivity index (χ1v) is 4.27. The predicted molar refractivity (Wildman–Crippen MR) is 45.5 cm³/mol. The Hall–Kier alpha value is -0.533. The summed E-state index contributed by atoms with van der Waals surface area (Å²) in [4.78, 5) is 0. The molecule has 1 unspecified atom stereocenters. The first kappa shape index (κ1) is 12.5. The molecule has 0 aromatic heterocycles. The fourth-order valence-corrected chi connectivity index (χ4v) is 0.862. The Bertz CT molecular complexity index is 287. The average molecular weight is 190 g/mol. The second kappa shape index (κ2) is 6.93. The molecule has 0 aliphatic carbocycles. The minimum atomic E-state index is -2.48. The molecule has 0 spiro atoms. The molecule has 0 heterocycles. The predicted octanol–water partition coefficient (Wildman–Crippen LogP) is -1.53. The van der Waals surface area contributed by atoms with Gasteiger partial charge in [-0.3, -0.25) is 0 Å². The van der Waals surface area contributed by atoms with Crippen LogP contribution in [0, 0.1) is 0 Å². The minimum Gasteiger partial charge on any atom is -0.740 e. The molecule has 1 aromatic carbocycles. The van der Waals surface area contributed by atoms with Crippen molar-refractivity contribution in [3.05, 3.63) is 42.2 Å². The van der Waals surface area contributed by atoms with E-state index in [4.69, 9.17) is 0 Å². The van der Waals surface area contributed by atoms with Crippen LogP contribution >= 0.6 is 0 Å². The van der Waals surface area contributed by atoms with Crippen molar-refractivity contribution in [1.82, 2.24) is 0 Å². The summed E-state index contributed by atoms with van der Waals surface area (Å²) < 4.78 is 24.0. The van der Waals surface area contributed by atoms with Gasteiger partial charge in [-0.15, -0.1) is 0 Å². The van der Waals surface area contributed by atoms with Crippen LogP contribution in [-0.4, -0.2) is 8.76 Å². The molecule has 1 rings (SSSR count). The fourth-order valence-electron chi connectivity index (χ4n) is 0.716. The Morgan fingerprint density at radius 2 is 1.92 bits per heavy atom. The van der Waals surface area contributed by atoms with Gasteiger partial charge in [0.25, 0.3) is 0 Å². The molecule has 0 saturated carbocycles. The van der Waals surface area contributed by atoms with Gasteiger partial charge in [0.05, 0.1) is 0 Å². The van der Waals surface area contributed by atoms with E-state index in [2.05, 4.69) is 4.18 Å². The van der Waals surface area contributed by atoms with Crippen LogP contribution in [0.5, 0.6) is 0 Å². The van der Waals surface area contributed by atoms with Crippen molar-refractivity contribution in [3.63, 3.8) is 0 Å². The molecule has 5 heteroatoms. The molecule has 3 nitrogen and oxygen atoms in total. The van der Waals surface area contributed by atoms with Crippen LogP contribution in [-0.2, 0) is 15.5 Å². The average Bonchev–Trinajstić information content (AvgIpc) is 2.05. The summed E-state index contributed by atoms with van der Waals surface area (Å²) in [5, 5.41) is 0. The summed E-state index contributed by atoms with van der Waals surface area (Å²) >= 11 is -2.48. The summed E-state index contributed by atoms with van der Waals surface area (Å²) in [5.41, 5.74) is 0.892. The maximum atomic E-state index is 9.92. The van der Waals surface area contributed by atoms with Gasteiger partial charge in [-0.25, -0.2) is 4.21 Å². The van der Waals surface area contributed by atoms with Gasteiger partial charge in [0.2, 0.25) is 0 Å². The van der Waals surface area contributed by atoms with E-state index in [9.17, 15) is 8.76 Å². The zero-order valence-electron chi connectivity index (χ0n) is 7.17. The van der Waals surface area contributed by atoms with Gasteiger partial charge in [-0.05, 0) is 11.6 Å². The Labute approximate surface area is 91.5 Å². The topological polar surface area (TPSA) is 49.4 Å². The Balaban J connectivity index is 0.00000144. The third-order valence-electron chi connectivity index (χ3n) is 1.19.